The number of benzene rings is 1. The number of nitrogens with one attached hydrogen (secondary N) is 1. The van der Waals surface area contributed by atoms with E-state index in [1.165, 1.54) is 24.7 Å². The van der Waals surface area contributed by atoms with Gasteiger partial charge in [-0.1, -0.05) is 19.1 Å². The number of carbonyl (C=O) groups is 3. The molecule has 34 heavy (non-hydrogen) atoms. The van der Waals surface area contributed by atoms with Gasteiger partial charge in [0.15, 0.2) is 11.6 Å². The van der Waals surface area contributed by atoms with Gasteiger partial charge in [-0.25, -0.2) is 15.0 Å². The molecule has 11 heteroatoms. The number of Topliss-reactive ketones (excluding diaryl/α,β-unsaturated/α-hetero) is 2. The fourth-order valence-corrected chi connectivity index (χ4v) is 4.53. The summed E-state index contributed by atoms with van der Waals surface area (Å²) in [6.45, 7) is 1.82. The van der Waals surface area contributed by atoms with E-state index >= 15 is 0 Å². The Morgan fingerprint density at radius 3 is 2.53 bits per heavy atom. The topological polar surface area (TPSA) is 102 Å². The van der Waals surface area contributed by atoms with Gasteiger partial charge in [0.25, 0.3) is 0 Å². The first-order valence-corrected chi connectivity index (χ1v) is 11.3. The molecule has 3 heterocycles. The van der Waals surface area contributed by atoms with Crippen molar-refractivity contribution in [3.05, 3.63) is 69.1 Å². The number of amides is 1. The Kier molecular flexibility index (Phi) is 6.56. The number of thiazole rings is 1. The van der Waals surface area contributed by atoms with Crippen molar-refractivity contribution in [1.29, 1.82) is 0 Å². The summed E-state index contributed by atoms with van der Waals surface area (Å²) >= 11 is 1.16. The van der Waals surface area contributed by atoms with E-state index in [4.69, 9.17) is 0 Å². The number of carbonyl (C=O) groups excluding carboxylic acids is 3. The van der Waals surface area contributed by atoms with Gasteiger partial charge in [-0.15, -0.1) is 11.3 Å². The van der Waals surface area contributed by atoms with Crippen molar-refractivity contribution in [3.63, 3.8) is 0 Å². The first kappa shape index (κ1) is 23.7. The second-order valence-corrected chi connectivity index (χ2v) is 9.05. The van der Waals surface area contributed by atoms with Gasteiger partial charge < -0.3 is 5.32 Å². The van der Waals surface area contributed by atoms with Gasteiger partial charge in [-0.05, 0) is 24.1 Å². The summed E-state index contributed by atoms with van der Waals surface area (Å²) in [5.41, 5.74) is 0.587. The molecule has 1 atom stereocenters. The molecule has 0 bridgehead atoms. The average Bonchev–Trinajstić information content (AvgIpc) is 3.29. The first-order chi connectivity index (χ1) is 16.1. The monoisotopic (exact) mass is 488 g/mol. The van der Waals surface area contributed by atoms with E-state index in [1.54, 1.807) is 0 Å². The molecular formula is C23H19F3N4O3S. The quantitative estimate of drug-likeness (QED) is 0.486. The van der Waals surface area contributed by atoms with Crippen LogP contribution in [-0.4, -0.2) is 32.4 Å². The first-order valence-electron chi connectivity index (χ1n) is 10.4. The molecule has 0 fully saturated rings. The van der Waals surface area contributed by atoms with Crippen LogP contribution in [0.1, 0.15) is 67.5 Å². The van der Waals surface area contributed by atoms with Crippen molar-refractivity contribution >= 4 is 34.6 Å². The minimum atomic E-state index is -4.43. The standard InChI is InChI=1S/C23H19F3N4O3S/c1-12(8-17(32)20-15-6-7-19(33)30-21(15)29-11-28-20)22-27-10-18(34-22)16(31)9-13-2-4-14(5-3-13)23(24,25)26/h2-5,10-12H,6-9H2,1H3,(H,28,29,30,33)/t12-/m0/s1. The molecule has 176 valence electrons. The zero-order valence-electron chi connectivity index (χ0n) is 18.0. The number of aromatic nitrogens is 3. The highest BCUT2D eigenvalue weighted by Gasteiger charge is 2.30. The highest BCUT2D eigenvalue weighted by Crippen LogP contribution is 2.31. The van der Waals surface area contributed by atoms with E-state index in [9.17, 15) is 27.6 Å². The number of rotatable bonds is 7. The highest BCUT2D eigenvalue weighted by atomic mass is 32.1. The molecule has 7 nitrogen and oxygen atoms in total. The van der Waals surface area contributed by atoms with Crippen LogP contribution in [0.25, 0.3) is 0 Å². The Bertz CT molecular complexity index is 1260. The molecule has 0 radical (unpaired) electrons. The molecule has 1 aliphatic heterocycles. The summed E-state index contributed by atoms with van der Waals surface area (Å²) in [7, 11) is 0. The number of anilines is 1. The molecule has 0 spiro atoms. The second kappa shape index (κ2) is 9.41. The Hall–Kier alpha value is -3.47. The molecule has 1 aromatic carbocycles. The van der Waals surface area contributed by atoms with Gasteiger partial charge in [-0.3, -0.25) is 14.4 Å². The molecule has 4 rings (SSSR count). The maximum atomic E-state index is 12.9. The Balaban J connectivity index is 1.41. The minimum absolute atomic E-state index is 0.0497. The van der Waals surface area contributed by atoms with E-state index in [0.717, 1.165) is 23.5 Å². The van der Waals surface area contributed by atoms with Gasteiger partial charge in [0.1, 0.15) is 17.8 Å². The van der Waals surface area contributed by atoms with E-state index in [0.29, 0.717) is 33.3 Å². The van der Waals surface area contributed by atoms with Crippen molar-refractivity contribution in [3.8, 4) is 0 Å². The maximum Gasteiger partial charge on any atom is 0.416 e. The smallest absolute Gasteiger partial charge is 0.310 e. The molecule has 0 saturated carbocycles. The molecule has 1 N–H and O–H groups in total. The molecule has 3 aromatic rings. The van der Waals surface area contributed by atoms with Crippen LogP contribution in [0.4, 0.5) is 19.0 Å². The van der Waals surface area contributed by atoms with Gasteiger partial charge in [0.2, 0.25) is 5.91 Å². The zero-order chi connectivity index (χ0) is 24.5. The number of fused-ring (bicyclic) bond motifs is 1. The number of nitrogens with zero attached hydrogens (tertiary/aromatic N) is 3. The van der Waals surface area contributed by atoms with Crippen molar-refractivity contribution < 1.29 is 27.6 Å². The van der Waals surface area contributed by atoms with E-state index < -0.39 is 11.7 Å². The second-order valence-electron chi connectivity index (χ2n) is 7.98. The molecule has 0 saturated heterocycles. The lowest BCUT2D eigenvalue weighted by Crippen LogP contribution is -2.23. The fraction of sp³-hybridized carbons (Fsp3) is 0.304. The molecule has 2 aromatic heterocycles. The van der Waals surface area contributed by atoms with Crippen LogP contribution >= 0.6 is 11.3 Å². The Labute approximate surface area is 196 Å². The van der Waals surface area contributed by atoms with Crippen molar-refractivity contribution in [1.82, 2.24) is 15.0 Å². The van der Waals surface area contributed by atoms with Crippen molar-refractivity contribution in [2.75, 3.05) is 5.32 Å². The Morgan fingerprint density at radius 1 is 1.09 bits per heavy atom. The Morgan fingerprint density at radius 2 is 1.82 bits per heavy atom. The summed E-state index contributed by atoms with van der Waals surface area (Å²) in [5.74, 6) is -0.561. The third-order valence-electron chi connectivity index (χ3n) is 5.43. The van der Waals surface area contributed by atoms with Gasteiger partial charge in [0, 0.05) is 36.9 Å². The highest BCUT2D eigenvalue weighted by molar-refractivity contribution is 7.13. The van der Waals surface area contributed by atoms with Gasteiger partial charge in [0.05, 0.1) is 15.4 Å². The lowest BCUT2D eigenvalue weighted by molar-refractivity contribution is -0.137. The predicted molar refractivity (Wildman–Crippen MR) is 118 cm³/mol. The summed E-state index contributed by atoms with van der Waals surface area (Å²) in [6.07, 6.45) is -1.06. The maximum absolute atomic E-state index is 12.9. The number of ketones is 2. The molecule has 1 aliphatic rings. The number of halogens is 3. The largest absolute Gasteiger partial charge is 0.416 e. The molecule has 0 aliphatic carbocycles. The molecular weight excluding hydrogens is 469 g/mol. The third-order valence-corrected chi connectivity index (χ3v) is 6.70. The molecule has 1 amide bonds. The SMILES string of the molecule is C[C@@H](CC(=O)c1ncnc2c1CCC(=O)N2)c1ncc(C(=O)Cc2ccc(C(F)(F)F)cc2)s1. The summed E-state index contributed by atoms with van der Waals surface area (Å²) in [4.78, 5) is 49.8. The van der Waals surface area contributed by atoms with Crippen molar-refractivity contribution in [2.24, 2.45) is 0 Å². The van der Waals surface area contributed by atoms with Crippen LogP contribution in [0.15, 0.2) is 36.8 Å². The number of hydrogen-bond acceptors (Lipinski definition) is 7. The van der Waals surface area contributed by atoms with Crippen LogP contribution in [0, 0.1) is 0 Å². The van der Waals surface area contributed by atoms with Crippen molar-refractivity contribution in [2.45, 2.75) is 44.7 Å². The van der Waals surface area contributed by atoms with Crippen LogP contribution in [0.5, 0.6) is 0 Å². The zero-order valence-corrected chi connectivity index (χ0v) is 18.8. The van der Waals surface area contributed by atoms with Crippen LogP contribution in [0.2, 0.25) is 0 Å². The lowest BCUT2D eigenvalue weighted by Gasteiger charge is -2.17. The van der Waals surface area contributed by atoms with Gasteiger partial charge in [-0.2, -0.15) is 13.2 Å². The number of alkyl halides is 3. The normalized spacial score (nSPS) is 14.3. The summed E-state index contributed by atoms with van der Waals surface area (Å²) < 4.78 is 38.1. The van der Waals surface area contributed by atoms with Crippen LogP contribution in [-0.2, 0) is 23.8 Å². The van der Waals surface area contributed by atoms with E-state index in [2.05, 4.69) is 20.3 Å². The van der Waals surface area contributed by atoms with Gasteiger partial charge >= 0.3 is 6.18 Å². The van der Waals surface area contributed by atoms with E-state index in [-0.39, 0.29) is 48.3 Å². The summed E-state index contributed by atoms with van der Waals surface area (Å²) in [6, 6.07) is 4.47. The fourth-order valence-electron chi connectivity index (χ4n) is 3.62. The summed E-state index contributed by atoms with van der Waals surface area (Å²) in [5, 5.41) is 3.24. The van der Waals surface area contributed by atoms with E-state index in [1.807, 2.05) is 6.92 Å². The minimum Gasteiger partial charge on any atom is -0.310 e. The van der Waals surface area contributed by atoms with Crippen LogP contribution in [0.3, 0.4) is 0 Å². The number of hydrogen-bond donors (Lipinski definition) is 1. The van der Waals surface area contributed by atoms with Crippen LogP contribution < -0.4 is 5.32 Å². The third kappa shape index (κ3) is 5.19. The lowest BCUT2D eigenvalue weighted by atomic mass is 9.97. The average molecular weight is 488 g/mol. The predicted octanol–water partition coefficient (Wildman–Crippen LogP) is 4.64. The molecule has 0 unspecified atom stereocenters.